The fourth-order valence-electron chi connectivity index (χ4n) is 2.47. The van der Waals surface area contributed by atoms with Gasteiger partial charge in [-0.05, 0) is 50.7 Å². The van der Waals surface area contributed by atoms with E-state index in [2.05, 4.69) is 0 Å². The summed E-state index contributed by atoms with van der Waals surface area (Å²) in [5.74, 6) is -0.493. The van der Waals surface area contributed by atoms with Crippen molar-refractivity contribution in [3.8, 4) is 0 Å². The molecular formula is C18H26O6. The van der Waals surface area contributed by atoms with E-state index in [4.69, 9.17) is 18.9 Å². The number of rotatable bonds is 9. The Morgan fingerprint density at radius 2 is 1.29 bits per heavy atom. The van der Waals surface area contributed by atoms with Crippen LogP contribution in [0.5, 0.6) is 0 Å². The van der Waals surface area contributed by atoms with Crippen molar-refractivity contribution < 1.29 is 28.5 Å². The van der Waals surface area contributed by atoms with Crippen molar-refractivity contribution in [2.75, 3.05) is 13.2 Å². The maximum Gasteiger partial charge on any atom is 0.305 e. The molecule has 0 aromatic heterocycles. The van der Waals surface area contributed by atoms with E-state index in [0.717, 1.165) is 25.7 Å². The number of unbranched alkanes of at least 4 members (excludes halogenated alkanes) is 1. The highest BCUT2D eigenvalue weighted by molar-refractivity contribution is 5.70. The Balaban J connectivity index is 1.44. The van der Waals surface area contributed by atoms with E-state index >= 15 is 0 Å². The molecule has 0 saturated heterocycles. The second-order valence-electron chi connectivity index (χ2n) is 5.99. The minimum absolute atomic E-state index is 0.0363. The van der Waals surface area contributed by atoms with E-state index in [1.807, 2.05) is 12.2 Å². The molecule has 6 nitrogen and oxygen atoms in total. The second kappa shape index (κ2) is 10.7. The minimum atomic E-state index is -0.246. The van der Waals surface area contributed by atoms with E-state index in [1.54, 1.807) is 12.5 Å². The third-order valence-corrected chi connectivity index (χ3v) is 3.92. The monoisotopic (exact) mass is 338 g/mol. The van der Waals surface area contributed by atoms with Crippen LogP contribution in [0.2, 0.25) is 0 Å². The summed E-state index contributed by atoms with van der Waals surface area (Å²) in [6, 6.07) is 0. The van der Waals surface area contributed by atoms with Gasteiger partial charge in [-0.3, -0.25) is 9.59 Å². The molecule has 2 heterocycles. The topological polar surface area (TPSA) is 71.1 Å². The van der Waals surface area contributed by atoms with E-state index in [1.165, 1.54) is 0 Å². The number of allylic oxidation sites excluding steroid dienone is 2. The van der Waals surface area contributed by atoms with Crippen LogP contribution in [0, 0.1) is 0 Å². The van der Waals surface area contributed by atoms with Crippen molar-refractivity contribution in [3.63, 3.8) is 0 Å². The zero-order valence-electron chi connectivity index (χ0n) is 14.0. The Labute approximate surface area is 142 Å². The quantitative estimate of drug-likeness (QED) is 0.475. The molecule has 0 fully saturated rings. The lowest BCUT2D eigenvalue weighted by atomic mass is 10.1. The molecule has 2 atom stereocenters. The average Bonchev–Trinajstić information content (AvgIpc) is 2.63. The maximum absolute atomic E-state index is 11.6. The summed E-state index contributed by atoms with van der Waals surface area (Å²) in [6.45, 7) is 0.585. The smallest absolute Gasteiger partial charge is 0.305 e. The van der Waals surface area contributed by atoms with Crippen molar-refractivity contribution in [1.82, 2.24) is 0 Å². The lowest BCUT2D eigenvalue weighted by Gasteiger charge is -2.19. The van der Waals surface area contributed by atoms with Gasteiger partial charge in [-0.1, -0.05) is 0 Å². The van der Waals surface area contributed by atoms with Gasteiger partial charge in [0.05, 0.1) is 12.5 Å². The Morgan fingerprint density at radius 1 is 0.833 bits per heavy atom. The van der Waals surface area contributed by atoms with Crippen LogP contribution in [0.15, 0.2) is 24.7 Å². The Morgan fingerprint density at radius 3 is 1.67 bits per heavy atom. The van der Waals surface area contributed by atoms with Crippen LogP contribution < -0.4 is 0 Å². The van der Waals surface area contributed by atoms with Crippen LogP contribution in [0.25, 0.3) is 0 Å². The van der Waals surface area contributed by atoms with Gasteiger partial charge in [0.15, 0.2) is 0 Å². The molecule has 134 valence electrons. The molecule has 6 heteroatoms. The van der Waals surface area contributed by atoms with Crippen molar-refractivity contribution in [1.29, 1.82) is 0 Å². The third-order valence-electron chi connectivity index (χ3n) is 3.92. The third kappa shape index (κ3) is 7.53. The van der Waals surface area contributed by atoms with Crippen molar-refractivity contribution in [2.24, 2.45) is 0 Å². The molecule has 0 aromatic rings. The maximum atomic E-state index is 11.6. The molecule has 2 rings (SSSR count). The van der Waals surface area contributed by atoms with Gasteiger partial charge in [-0.2, -0.15) is 0 Å². The Hall–Kier alpha value is -1.98. The minimum Gasteiger partial charge on any atom is -0.495 e. The Kier molecular flexibility index (Phi) is 8.21. The van der Waals surface area contributed by atoms with E-state index in [9.17, 15) is 9.59 Å². The normalized spacial score (nSPS) is 22.3. The lowest BCUT2D eigenvalue weighted by Crippen LogP contribution is -2.22. The van der Waals surface area contributed by atoms with Crippen LogP contribution in [0.4, 0.5) is 0 Å². The molecule has 0 bridgehead atoms. The summed E-state index contributed by atoms with van der Waals surface area (Å²) in [7, 11) is 0. The first-order valence-corrected chi connectivity index (χ1v) is 8.66. The number of hydrogen-bond acceptors (Lipinski definition) is 6. The van der Waals surface area contributed by atoms with Gasteiger partial charge in [-0.25, -0.2) is 0 Å². The molecule has 2 aliphatic heterocycles. The van der Waals surface area contributed by atoms with Gasteiger partial charge in [0.1, 0.15) is 25.4 Å². The molecule has 0 aromatic carbocycles. The molecule has 0 amide bonds. The van der Waals surface area contributed by atoms with Crippen LogP contribution in [-0.4, -0.2) is 37.4 Å². The van der Waals surface area contributed by atoms with E-state index in [0.29, 0.717) is 38.9 Å². The predicted octanol–water partition coefficient (Wildman–Crippen LogP) is 3.02. The summed E-state index contributed by atoms with van der Waals surface area (Å²) in [5, 5.41) is 0. The van der Waals surface area contributed by atoms with E-state index < -0.39 is 0 Å². The standard InChI is InChI=1S/C18H26O6/c19-17(23-13-15-7-3-5-11-21-15)9-1-2-10-18(20)24-14-16-8-4-6-12-22-16/h5-6,11-12,15-16H,1-4,7-10,13-14H2. The van der Waals surface area contributed by atoms with Crippen molar-refractivity contribution in [2.45, 2.75) is 63.6 Å². The average molecular weight is 338 g/mol. The van der Waals surface area contributed by atoms with Crippen molar-refractivity contribution >= 4 is 11.9 Å². The number of carbonyl (C=O) groups is 2. The molecule has 2 aliphatic rings. The largest absolute Gasteiger partial charge is 0.495 e. The molecular weight excluding hydrogens is 312 g/mol. The van der Waals surface area contributed by atoms with Gasteiger partial charge in [0.25, 0.3) is 0 Å². The van der Waals surface area contributed by atoms with Gasteiger partial charge >= 0.3 is 11.9 Å². The van der Waals surface area contributed by atoms with Gasteiger partial charge < -0.3 is 18.9 Å². The van der Waals surface area contributed by atoms with Gasteiger partial charge in [0.2, 0.25) is 0 Å². The highest BCUT2D eigenvalue weighted by Crippen LogP contribution is 2.12. The number of esters is 2. The zero-order chi connectivity index (χ0) is 17.0. The van der Waals surface area contributed by atoms with E-state index in [-0.39, 0.29) is 24.1 Å². The fraction of sp³-hybridized carbons (Fsp3) is 0.667. The first kappa shape index (κ1) is 18.4. The van der Waals surface area contributed by atoms with Crippen LogP contribution in [0.1, 0.15) is 51.4 Å². The lowest BCUT2D eigenvalue weighted by molar-refractivity contribution is -0.149. The Bertz CT molecular complexity index is 414. The van der Waals surface area contributed by atoms with Crippen LogP contribution >= 0.6 is 0 Å². The summed E-state index contributed by atoms with van der Waals surface area (Å²) < 4.78 is 21.0. The molecule has 0 aliphatic carbocycles. The van der Waals surface area contributed by atoms with Gasteiger partial charge in [0, 0.05) is 12.8 Å². The number of ether oxygens (including phenoxy) is 4. The second-order valence-corrected chi connectivity index (χ2v) is 5.99. The molecule has 0 N–H and O–H groups in total. The number of hydrogen-bond donors (Lipinski definition) is 0. The van der Waals surface area contributed by atoms with Gasteiger partial charge in [-0.15, -0.1) is 0 Å². The first-order valence-electron chi connectivity index (χ1n) is 8.66. The fourth-order valence-corrected chi connectivity index (χ4v) is 2.47. The highest BCUT2D eigenvalue weighted by atomic mass is 16.6. The molecule has 2 unspecified atom stereocenters. The molecule has 0 radical (unpaired) electrons. The SMILES string of the molecule is O=C(CCCCC(=O)OCC1CCC=CO1)OCC1CCC=CO1. The van der Waals surface area contributed by atoms with Crippen LogP contribution in [0.3, 0.4) is 0 Å². The van der Waals surface area contributed by atoms with Crippen molar-refractivity contribution in [3.05, 3.63) is 24.7 Å². The highest BCUT2D eigenvalue weighted by Gasteiger charge is 2.15. The molecule has 0 spiro atoms. The zero-order valence-corrected chi connectivity index (χ0v) is 14.0. The molecule has 0 saturated carbocycles. The molecule has 24 heavy (non-hydrogen) atoms. The summed E-state index contributed by atoms with van der Waals surface area (Å²) in [4.78, 5) is 23.3. The summed E-state index contributed by atoms with van der Waals surface area (Å²) in [5.41, 5.74) is 0. The first-order chi connectivity index (χ1) is 11.7. The number of carbonyl (C=O) groups excluding carboxylic acids is 2. The van der Waals surface area contributed by atoms with Crippen LogP contribution in [-0.2, 0) is 28.5 Å². The summed E-state index contributed by atoms with van der Waals surface area (Å²) >= 11 is 0. The summed E-state index contributed by atoms with van der Waals surface area (Å²) in [6.07, 6.45) is 12.6. The predicted molar refractivity (Wildman–Crippen MR) is 86.9 cm³/mol.